The molecule has 1 aliphatic heterocycles. The number of carbonyl (C=O) groups is 2. The molecule has 0 fully saturated rings. The number of hydrogen-bond acceptors (Lipinski definition) is 2. The van der Waals surface area contributed by atoms with Gasteiger partial charge in [0.25, 0.3) is 0 Å². The largest absolute Gasteiger partial charge is 0.329 e. The molecule has 0 spiro atoms. The highest BCUT2D eigenvalue weighted by Crippen LogP contribution is 2.45. The van der Waals surface area contributed by atoms with Gasteiger partial charge in [0, 0.05) is 34.5 Å². The summed E-state index contributed by atoms with van der Waals surface area (Å²) in [6, 6.07) is 7.84. The first kappa shape index (κ1) is 14.5. The van der Waals surface area contributed by atoms with Crippen molar-refractivity contribution in [1.82, 2.24) is 5.32 Å². The summed E-state index contributed by atoms with van der Waals surface area (Å²) in [5.41, 5.74) is 2.57. The topological polar surface area (TPSA) is 46.2 Å². The molecule has 3 nitrogen and oxygen atoms in total. The maximum Gasteiger partial charge on any atom is 0.225 e. The Hall–Kier alpha value is -1.42. The van der Waals surface area contributed by atoms with Crippen LogP contribution in [-0.4, -0.2) is 11.7 Å². The molecular weight excluding hydrogens is 330 g/mol. The molecule has 4 heteroatoms. The van der Waals surface area contributed by atoms with E-state index in [0.717, 1.165) is 27.7 Å². The highest BCUT2D eigenvalue weighted by Gasteiger charge is 2.40. The fourth-order valence-electron chi connectivity index (χ4n) is 3.38. The average Bonchev–Trinajstić information content (AvgIpc) is 2.36. The lowest BCUT2D eigenvalue weighted by atomic mass is 9.70. The van der Waals surface area contributed by atoms with Crippen LogP contribution in [0.25, 0.3) is 0 Å². The first-order valence-corrected chi connectivity index (χ1v) is 7.97. The van der Waals surface area contributed by atoms with E-state index in [9.17, 15) is 9.59 Å². The van der Waals surface area contributed by atoms with Gasteiger partial charge >= 0.3 is 0 Å². The summed E-state index contributed by atoms with van der Waals surface area (Å²) in [5, 5.41) is 2.93. The van der Waals surface area contributed by atoms with Gasteiger partial charge in [-0.2, -0.15) is 0 Å². The number of amides is 1. The van der Waals surface area contributed by atoms with Crippen molar-refractivity contribution in [2.75, 3.05) is 0 Å². The zero-order valence-electron chi connectivity index (χ0n) is 12.2. The molecule has 1 aromatic carbocycles. The van der Waals surface area contributed by atoms with Crippen LogP contribution in [0.3, 0.4) is 0 Å². The maximum absolute atomic E-state index is 12.6. The van der Waals surface area contributed by atoms with Gasteiger partial charge < -0.3 is 5.32 Å². The smallest absolute Gasteiger partial charge is 0.225 e. The van der Waals surface area contributed by atoms with Crippen molar-refractivity contribution in [2.45, 2.75) is 39.0 Å². The van der Waals surface area contributed by atoms with Gasteiger partial charge in [-0.15, -0.1) is 0 Å². The predicted octanol–water partition coefficient (Wildman–Crippen LogP) is 3.70. The molecule has 0 radical (unpaired) electrons. The Labute approximate surface area is 132 Å². The highest BCUT2D eigenvalue weighted by atomic mass is 79.9. The Morgan fingerprint density at radius 3 is 2.62 bits per heavy atom. The third-order valence-corrected chi connectivity index (χ3v) is 4.95. The van der Waals surface area contributed by atoms with Crippen LogP contribution < -0.4 is 5.32 Å². The molecule has 0 saturated carbocycles. The van der Waals surface area contributed by atoms with Gasteiger partial charge in [0.05, 0.1) is 0 Å². The number of ketones is 1. The van der Waals surface area contributed by atoms with Crippen LogP contribution in [0.4, 0.5) is 0 Å². The molecule has 110 valence electrons. The monoisotopic (exact) mass is 347 g/mol. The highest BCUT2D eigenvalue weighted by molar-refractivity contribution is 9.10. The second-order valence-corrected chi connectivity index (χ2v) is 7.51. The zero-order chi connectivity index (χ0) is 15.2. The van der Waals surface area contributed by atoms with Crippen LogP contribution >= 0.6 is 15.9 Å². The summed E-state index contributed by atoms with van der Waals surface area (Å²) in [6.07, 6.45) is 1.64. The minimum Gasteiger partial charge on any atom is -0.329 e. The van der Waals surface area contributed by atoms with Crippen LogP contribution in [0, 0.1) is 5.41 Å². The van der Waals surface area contributed by atoms with Crippen molar-refractivity contribution in [3.05, 3.63) is 45.6 Å². The van der Waals surface area contributed by atoms with Crippen molar-refractivity contribution in [3.63, 3.8) is 0 Å². The molecule has 1 unspecified atom stereocenters. The normalized spacial score (nSPS) is 24.6. The fraction of sp³-hybridized carbons (Fsp3) is 0.412. The van der Waals surface area contributed by atoms with Crippen molar-refractivity contribution in [2.24, 2.45) is 5.41 Å². The zero-order valence-corrected chi connectivity index (χ0v) is 13.8. The van der Waals surface area contributed by atoms with Gasteiger partial charge in [-0.25, -0.2) is 0 Å². The minimum absolute atomic E-state index is 0.00000283. The Morgan fingerprint density at radius 1 is 1.19 bits per heavy atom. The van der Waals surface area contributed by atoms with Crippen LogP contribution in [0.1, 0.15) is 44.6 Å². The molecule has 1 aromatic rings. The molecule has 3 rings (SSSR count). The van der Waals surface area contributed by atoms with E-state index in [0.29, 0.717) is 12.8 Å². The molecule has 1 heterocycles. The predicted molar refractivity (Wildman–Crippen MR) is 84.7 cm³/mol. The second kappa shape index (κ2) is 5.09. The summed E-state index contributed by atoms with van der Waals surface area (Å²) in [6.45, 7) is 4.14. The van der Waals surface area contributed by atoms with Crippen molar-refractivity contribution in [3.8, 4) is 0 Å². The summed E-state index contributed by atoms with van der Waals surface area (Å²) in [5.74, 6) is 0.0370. The molecule has 0 aromatic heterocycles. The maximum atomic E-state index is 12.6. The number of benzene rings is 1. The van der Waals surface area contributed by atoms with Crippen molar-refractivity contribution >= 4 is 27.6 Å². The molecule has 21 heavy (non-hydrogen) atoms. The number of halogens is 1. The number of allylic oxidation sites excluding steroid dienone is 2. The Bertz CT molecular complexity index is 661. The first-order chi connectivity index (χ1) is 9.87. The number of nitrogens with one attached hydrogen (secondary N) is 1. The summed E-state index contributed by atoms with van der Waals surface area (Å²) >= 11 is 3.55. The third-order valence-electron chi connectivity index (χ3n) is 4.23. The summed E-state index contributed by atoms with van der Waals surface area (Å²) in [4.78, 5) is 24.7. The van der Waals surface area contributed by atoms with Crippen molar-refractivity contribution < 1.29 is 9.59 Å². The lowest BCUT2D eigenvalue weighted by molar-refractivity contribution is -0.122. The Morgan fingerprint density at radius 2 is 1.90 bits per heavy atom. The molecule has 1 aliphatic carbocycles. The van der Waals surface area contributed by atoms with Crippen LogP contribution in [0.15, 0.2) is 40.0 Å². The van der Waals surface area contributed by atoms with Crippen LogP contribution in [0.5, 0.6) is 0 Å². The molecule has 1 amide bonds. The van der Waals surface area contributed by atoms with E-state index in [1.807, 2.05) is 24.3 Å². The lowest BCUT2D eigenvalue weighted by Gasteiger charge is -2.38. The third kappa shape index (κ3) is 2.69. The number of hydrogen-bond donors (Lipinski definition) is 1. The van der Waals surface area contributed by atoms with Gasteiger partial charge in [0.2, 0.25) is 5.91 Å². The van der Waals surface area contributed by atoms with Gasteiger partial charge in [-0.1, -0.05) is 48.0 Å². The summed E-state index contributed by atoms with van der Waals surface area (Å²) < 4.78 is 0.953. The van der Waals surface area contributed by atoms with Gasteiger partial charge in [0.15, 0.2) is 5.78 Å². The van der Waals surface area contributed by atoms with E-state index < -0.39 is 0 Å². The lowest BCUT2D eigenvalue weighted by Crippen LogP contribution is -2.40. The molecule has 1 N–H and O–H groups in total. The molecule has 0 saturated heterocycles. The molecule has 1 atom stereocenters. The number of Topliss-reactive ketones (excluding diaryl/α,β-unsaturated/α-hetero) is 1. The van der Waals surface area contributed by atoms with E-state index in [1.54, 1.807) is 0 Å². The quantitative estimate of drug-likeness (QED) is 0.841. The van der Waals surface area contributed by atoms with E-state index in [4.69, 9.17) is 0 Å². The Balaban J connectivity index is 2.11. The van der Waals surface area contributed by atoms with Crippen LogP contribution in [-0.2, 0) is 9.59 Å². The number of rotatable bonds is 1. The second-order valence-electron chi connectivity index (χ2n) is 6.66. The summed E-state index contributed by atoms with van der Waals surface area (Å²) in [7, 11) is 0. The molecule has 2 aliphatic rings. The van der Waals surface area contributed by atoms with E-state index in [2.05, 4.69) is 35.1 Å². The van der Waals surface area contributed by atoms with Gasteiger partial charge in [0.1, 0.15) is 0 Å². The van der Waals surface area contributed by atoms with E-state index >= 15 is 0 Å². The number of carbonyl (C=O) groups excluding carboxylic acids is 2. The molecular formula is C17H18BrNO2. The van der Waals surface area contributed by atoms with Crippen LogP contribution in [0.2, 0.25) is 0 Å². The first-order valence-electron chi connectivity index (χ1n) is 7.18. The van der Waals surface area contributed by atoms with Gasteiger partial charge in [-0.05, 0) is 23.5 Å². The molecule has 0 bridgehead atoms. The van der Waals surface area contributed by atoms with Gasteiger partial charge in [-0.3, -0.25) is 9.59 Å². The average molecular weight is 348 g/mol. The standard InChI is InChI=1S/C17H18BrNO2/c1-17(2)8-13-16(14(20)9-17)11(7-15(21)19-13)10-5-3-4-6-12(10)18/h3-6,11H,7-9H2,1-2H3,(H,19,21). The fourth-order valence-corrected chi connectivity index (χ4v) is 3.94. The van der Waals surface area contributed by atoms with Crippen molar-refractivity contribution in [1.29, 1.82) is 0 Å². The van der Waals surface area contributed by atoms with E-state index in [1.165, 1.54) is 0 Å². The minimum atomic E-state index is -0.132. The Kier molecular flexibility index (Phi) is 3.52. The SMILES string of the molecule is CC1(C)CC(=O)C2=C(C1)NC(=O)CC2c1ccccc1Br. The van der Waals surface area contributed by atoms with E-state index in [-0.39, 0.29) is 23.0 Å².